The molecule has 1 N–H and O–H groups in total. The number of hydrogen-bond donors (Lipinski definition) is 1. The molecule has 0 aliphatic heterocycles. The first-order valence-corrected chi connectivity index (χ1v) is 4.49. The maximum absolute atomic E-state index is 12.7. The smallest absolute Gasteiger partial charge is 0.388 e. The Labute approximate surface area is 88.5 Å². The highest BCUT2D eigenvalue weighted by molar-refractivity contribution is 5.19. The van der Waals surface area contributed by atoms with Crippen molar-refractivity contribution in [2.24, 2.45) is 0 Å². The van der Waals surface area contributed by atoms with Crippen molar-refractivity contribution in [3.8, 4) is 0 Å². The highest BCUT2D eigenvalue weighted by atomic mass is 19.4. The zero-order valence-electron chi connectivity index (χ0n) is 8.06. The molecule has 1 rings (SSSR count). The summed E-state index contributed by atoms with van der Waals surface area (Å²) in [7, 11) is 0. The van der Waals surface area contributed by atoms with Crippen LogP contribution >= 0.6 is 0 Å². The first-order chi connectivity index (χ1) is 7.29. The lowest BCUT2D eigenvalue weighted by molar-refractivity contribution is -0.140. The second-order valence-electron chi connectivity index (χ2n) is 3.34. The van der Waals surface area contributed by atoms with E-state index in [1.54, 1.807) is 0 Å². The summed E-state index contributed by atoms with van der Waals surface area (Å²) in [5, 5.41) is 9.31. The molecule has 0 radical (unpaired) electrons. The lowest BCUT2D eigenvalue weighted by Crippen LogP contribution is -2.10. The number of hydrogen-bond acceptors (Lipinski definition) is 1. The van der Waals surface area contributed by atoms with E-state index in [0.717, 1.165) is 12.1 Å². The molecular formula is C10H9F5O. The second kappa shape index (κ2) is 4.78. The van der Waals surface area contributed by atoms with Gasteiger partial charge in [-0.15, -0.1) is 0 Å². The SMILES string of the molecule is OC(CCC(F)(F)F)c1ccc(F)c(F)c1. The Kier molecular flexibility index (Phi) is 3.85. The molecule has 0 spiro atoms. The van der Waals surface area contributed by atoms with Gasteiger partial charge in [0.2, 0.25) is 0 Å². The summed E-state index contributed by atoms with van der Waals surface area (Å²) in [5.41, 5.74) is -0.0665. The summed E-state index contributed by atoms with van der Waals surface area (Å²) >= 11 is 0. The minimum absolute atomic E-state index is 0.0665. The fraction of sp³-hybridized carbons (Fsp3) is 0.400. The number of alkyl halides is 3. The minimum Gasteiger partial charge on any atom is -0.388 e. The highest BCUT2D eigenvalue weighted by Crippen LogP contribution is 2.27. The van der Waals surface area contributed by atoms with E-state index in [2.05, 4.69) is 0 Å². The molecule has 0 bridgehead atoms. The van der Waals surface area contributed by atoms with Gasteiger partial charge in [0.05, 0.1) is 6.10 Å². The highest BCUT2D eigenvalue weighted by Gasteiger charge is 2.28. The topological polar surface area (TPSA) is 20.2 Å². The van der Waals surface area contributed by atoms with Gasteiger partial charge in [-0.2, -0.15) is 13.2 Å². The van der Waals surface area contributed by atoms with Gasteiger partial charge in [0.25, 0.3) is 0 Å². The standard InChI is InChI=1S/C10H9F5O/c11-7-2-1-6(5-8(7)12)9(16)3-4-10(13,14)15/h1-2,5,9,16H,3-4H2. The first kappa shape index (κ1) is 12.9. The first-order valence-electron chi connectivity index (χ1n) is 4.49. The Morgan fingerprint density at radius 1 is 1.12 bits per heavy atom. The lowest BCUT2D eigenvalue weighted by atomic mass is 10.0. The van der Waals surface area contributed by atoms with Gasteiger partial charge in [-0.05, 0) is 24.1 Å². The molecule has 1 aromatic carbocycles. The van der Waals surface area contributed by atoms with E-state index in [1.807, 2.05) is 0 Å². The molecule has 1 atom stereocenters. The number of benzene rings is 1. The minimum atomic E-state index is -4.38. The molecule has 1 aromatic rings. The molecule has 1 unspecified atom stereocenters. The predicted octanol–water partition coefficient (Wildman–Crippen LogP) is 3.34. The van der Waals surface area contributed by atoms with Crippen molar-refractivity contribution >= 4 is 0 Å². The lowest BCUT2D eigenvalue weighted by Gasteiger charge is -2.12. The molecule has 90 valence electrons. The van der Waals surface area contributed by atoms with Crippen molar-refractivity contribution in [1.29, 1.82) is 0 Å². The Bertz CT molecular complexity index is 361. The summed E-state index contributed by atoms with van der Waals surface area (Å²) in [6.45, 7) is 0. The molecule has 0 saturated carbocycles. The van der Waals surface area contributed by atoms with Crippen LogP contribution in [0, 0.1) is 11.6 Å². The van der Waals surface area contributed by atoms with Crippen molar-refractivity contribution in [2.45, 2.75) is 25.1 Å². The van der Waals surface area contributed by atoms with Crippen LogP contribution < -0.4 is 0 Å². The second-order valence-corrected chi connectivity index (χ2v) is 3.34. The van der Waals surface area contributed by atoms with Crippen LogP contribution in [0.1, 0.15) is 24.5 Å². The van der Waals surface area contributed by atoms with Crippen LogP contribution in [-0.4, -0.2) is 11.3 Å². The van der Waals surface area contributed by atoms with Crippen molar-refractivity contribution in [1.82, 2.24) is 0 Å². The van der Waals surface area contributed by atoms with Crippen LogP contribution in [0.25, 0.3) is 0 Å². The molecule has 0 fully saturated rings. The van der Waals surface area contributed by atoms with Gasteiger partial charge in [-0.3, -0.25) is 0 Å². The summed E-state index contributed by atoms with van der Waals surface area (Å²) in [6, 6.07) is 2.51. The van der Waals surface area contributed by atoms with Gasteiger partial charge in [0.15, 0.2) is 11.6 Å². The van der Waals surface area contributed by atoms with Gasteiger partial charge in [-0.1, -0.05) is 6.07 Å². The van der Waals surface area contributed by atoms with Gasteiger partial charge in [0, 0.05) is 6.42 Å². The van der Waals surface area contributed by atoms with E-state index < -0.39 is 36.8 Å². The quantitative estimate of drug-likeness (QED) is 0.803. The van der Waals surface area contributed by atoms with Crippen molar-refractivity contribution in [2.75, 3.05) is 0 Å². The molecule has 0 amide bonds. The average Bonchev–Trinajstić information content (AvgIpc) is 2.17. The summed E-state index contributed by atoms with van der Waals surface area (Å²) in [6.07, 6.45) is -7.57. The fourth-order valence-electron chi connectivity index (χ4n) is 1.19. The maximum Gasteiger partial charge on any atom is 0.389 e. The number of rotatable bonds is 3. The van der Waals surface area contributed by atoms with E-state index >= 15 is 0 Å². The zero-order chi connectivity index (χ0) is 12.3. The van der Waals surface area contributed by atoms with E-state index in [1.165, 1.54) is 0 Å². The van der Waals surface area contributed by atoms with Crippen LogP contribution in [0.4, 0.5) is 22.0 Å². The van der Waals surface area contributed by atoms with Crippen molar-refractivity contribution in [3.05, 3.63) is 35.4 Å². The fourth-order valence-corrected chi connectivity index (χ4v) is 1.19. The molecular weight excluding hydrogens is 231 g/mol. The molecule has 0 aliphatic rings. The van der Waals surface area contributed by atoms with E-state index in [0.29, 0.717) is 6.07 Å². The third-order valence-corrected chi connectivity index (χ3v) is 2.03. The largest absolute Gasteiger partial charge is 0.389 e. The Morgan fingerprint density at radius 2 is 1.75 bits per heavy atom. The number of aliphatic hydroxyl groups is 1. The van der Waals surface area contributed by atoms with E-state index in [9.17, 15) is 27.1 Å². The predicted molar refractivity (Wildman–Crippen MR) is 46.6 cm³/mol. The summed E-state index contributed by atoms with van der Waals surface area (Å²) < 4.78 is 60.7. The molecule has 1 nitrogen and oxygen atoms in total. The monoisotopic (exact) mass is 240 g/mol. The summed E-state index contributed by atoms with van der Waals surface area (Å²) in [5.74, 6) is -2.30. The molecule has 6 heteroatoms. The number of halogens is 5. The van der Waals surface area contributed by atoms with Crippen molar-refractivity contribution in [3.63, 3.8) is 0 Å². The zero-order valence-corrected chi connectivity index (χ0v) is 8.06. The molecule has 0 saturated heterocycles. The average molecular weight is 240 g/mol. The van der Waals surface area contributed by atoms with Crippen LogP contribution in [0.15, 0.2) is 18.2 Å². The van der Waals surface area contributed by atoms with E-state index in [-0.39, 0.29) is 5.56 Å². The maximum atomic E-state index is 12.7. The van der Waals surface area contributed by atoms with Gasteiger partial charge >= 0.3 is 6.18 Å². The van der Waals surface area contributed by atoms with Crippen LogP contribution in [0.2, 0.25) is 0 Å². The van der Waals surface area contributed by atoms with Crippen LogP contribution in [-0.2, 0) is 0 Å². The van der Waals surface area contributed by atoms with E-state index in [4.69, 9.17) is 0 Å². The van der Waals surface area contributed by atoms with Crippen LogP contribution in [0.5, 0.6) is 0 Å². The molecule has 0 heterocycles. The third-order valence-electron chi connectivity index (χ3n) is 2.03. The molecule has 16 heavy (non-hydrogen) atoms. The molecule has 0 aromatic heterocycles. The Morgan fingerprint density at radius 3 is 2.25 bits per heavy atom. The van der Waals surface area contributed by atoms with Crippen LogP contribution in [0.3, 0.4) is 0 Å². The van der Waals surface area contributed by atoms with Crippen molar-refractivity contribution < 1.29 is 27.1 Å². The molecule has 0 aliphatic carbocycles. The Hall–Kier alpha value is -1.17. The third kappa shape index (κ3) is 3.77. The summed E-state index contributed by atoms with van der Waals surface area (Å²) in [4.78, 5) is 0. The van der Waals surface area contributed by atoms with Gasteiger partial charge in [-0.25, -0.2) is 8.78 Å². The van der Waals surface area contributed by atoms with Gasteiger partial charge < -0.3 is 5.11 Å². The number of aliphatic hydroxyl groups excluding tert-OH is 1. The van der Waals surface area contributed by atoms with Gasteiger partial charge in [0.1, 0.15) is 0 Å². The Balaban J connectivity index is 2.66. The normalized spacial score (nSPS) is 13.9.